The van der Waals surface area contributed by atoms with Crippen LogP contribution in [0.25, 0.3) is 0 Å². The number of thioether (sulfide) groups is 1. The molecule has 7 nitrogen and oxygen atoms in total. The number of carbonyl (C=O) groups is 3. The van der Waals surface area contributed by atoms with Crippen molar-refractivity contribution < 1.29 is 23.9 Å². The highest BCUT2D eigenvalue weighted by atomic mass is 32.2. The molecule has 0 bridgehead atoms. The summed E-state index contributed by atoms with van der Waals surface area (Å²) < 4.78 is 11.0. The minimum atomic E-state index is -0.531. The topological polar surface area (TPSA) is 93.7 Å². The van der Waals surface area contributed by atoms with E-state index in [4.69, 9.17) is 9.47 Å². The van der Waals surface area contributed by atoms with Gasteiger partial charge in [0.25, 0.3) is 0 Å². The highest BCUT2D eigenvalue weighted by Gasteiger charge is 2.22. The van der Waals surface area contributed by atoms with Gasteiger partial charge in [-0.3, -0.25) is 14.4 Å². The summed E-state index contributed by atoms with van der Waals surface area (Å²) in [5.74, 6) is 0.736. The first kappa shape index (κ1) is 29.9. The second-order valence-electron chi connectivity index (χ2n) is 8.36. The first-order chi connectivity index (χ1) is 14.8. The maximum absolute atomic E-state index is 12.6. The summed E-state index contributed by atoms with van der Waals surface area (Å²) in [4.78, 5) is 36.7. The van der Waals surface area contributed by atoms with Crippen molar-refractivity contribution in [2.45, 2.75) is 72.0 Å². The van der Waals surface area contributed by atoms with E-state index in [1.54, 1.807) is 0 Å². The number of carbonyl (C=O) groups excluding carboxylic acids is 3. The van der Waals surface area contributed by atoms with Crippen LogP contribution in [0.1, 0.15) is 66.7 Å². The predicted octanol–water partition coefficient (Wildman–Crippen LogP) is 3.21. The second-order valence-corrected chi connectivity index (χ2v) is 9.67. The van der Waals surface area contributed by atoms with Crippen LogP contribution >= 0.6 is 11.8 Å². The van der Waals surface area contributed by atoms with Crippen molar-refractivity contribution in [2.24, 2.45) is 11.8 Å². The molecule has 2 amide bonds. The summed E-state index contributed by atoms with van der Waals surface area (Å²) in [7, 11) is 0. The van der Waals surface area contributed by atoms with Crippen molar-refractivity contribution in [2.75, 3.05) is 45.3 Å². The number of hydrogen-bond acceptors (Lipinski definition) is 6. The molecule has 0 saturated heterocycles. The van der Waals surface area contributed by atoms with Crippen LogP contribution in [0.3, 0.4) is 0 Å². The zero-order valence-electron chi connectivity index (χ0n) is 20.2. The van der Waals surface area contributed by atoms with Gasteiger partial charge in [0.1, 0.15) is 5.78 Å². The van der Waals surface area contributed by atoms with Crippen molar-refractivity contribution in [1.29, 1.82) is 0 Å². The SMILES string of the molecule is CCCCCOCCNC(=O)C(CC(=O)NCCOCC(C)C)SCCC(=O)C(C)C. The Morgan fingerprint density at radius 2 is 1.58 bits per heavy atom. The number of unbranched alkanes of at least 4 members (excludes halogenated alkanes) is 2. The molecule has 0 aliphatic rings. The Balaban J connectivity index is 4.40. The van der Waals surface area contributed by atoms with Gasteiger partial charge in [0, 0.05) is 50.8 Å². The van der Waals surface area contributed by atoms with Crippen LogP contribution in [0.4, 0.5) is 0 Å². The Bertz CT molecular complexity index is 500. The molecule has 0 aromatic carbocycles. The quantitative estimate of drug-likeness (QED) is 0.271. The highest BCUT2D eigenvalue weighted by Crippen LogP contribution is 2.17. The number of Topliss-reactive ketones (excluding diaryl/α,β-unsaturated/α-hetero) is 1. The summed E-state index contributed by atoms with van der Waals surface area (Å²) in [5.41, 5.74) is 0. The molecule has 0 fully saturated rings. The maximum atomic E-state index is 12.6. The van der Waals surface area contributed by atoms with Crippen LogP contribution in [0.5, 0.6) is 0 Å². The van der Waals surface area contributed by atoms with E-state index >= 15 is 0 Å². The van der Waals surface area contributed by atoms with Crippen molar-refractivity contribution >= 4 is 29.4 Å². The predicted molar refractivity (Wildman–Crippen MR) is 127 cm³/mol. The minimum Gasteiger partial charge on any atom is -0.380 e. The fourth-order valence-corrected chi connectivity index (χ4v) is 3.66. The van der Waals surface area contributed by atoms with Gasteiger partial charge in [0.15, 0.2) is 0 Å². The summed E-state index contributed by atoms with van der Waals surface area (Å²) in [5, 5.41) is 5.13. The van der Waals surface area contributed by atoms with E-state index < -0.39 is 5.25 Å². The van der Waals surface area contributed by atoms with Gasteiger partial charge in [-0.2, -0.15) is 0 Å². The smallest absolute Gasteiger partial charge is 0.233 e. The second kappa shape index (κ2) is 19.6. The number of nitrogens with one attached hydrogen (secondary N) is 2. The molecule has 0 aliphatic heterocycles. The van der Waals surface area contributed by atoms with Gasteiger partial charge in [-0.1, -0.05) is 47.5 Å². The molecule has 0 aromatic rings. The number of rotatable bonds is 20. The number of ketones is 1. The normalized spacial score (nSPS) is 12.2. The Hall–Kier alpha value is -1.12. The van der Waals surface area contributed by atoms with Crippen LogP contribution in [0.15, 0.2) is 0 Å². The molecule has 0 aliphatic carbocycles. The van der Waals surface area contributed by atoms with Crippen molar-refractivity contribution in [3.63, 3.8) is 0 Å². The van der Waals surface area contributed by atoms with E-state index in [9.17, 15) is 14.4 Å². The van der Waals surface area contributed by atoms with E-state index in [0.29, 0.717) is 57.6 Å². The lowest BCUT2D eigenvalue weighted by atomic mass is 10.1. The lowest BCUT2D eigenvalue weighted by Crippen LogP contribution is -2.39. The van der Waals surface area contributed by atoms with Gasteiger partial charge >= 0.3 is 0 Å². The first-order valence-electron chi connectivity index (χ1n) is 11.6. The molecule has 0 saturated carbocycles. The maximum Gasteiger partial charge on any atom is 0.233 e. The van der Waals surface area contributed by atoms with E-state index in [1.165, 1.54) is 11.8 Å². The summed E-state index contributed by atoms with van der Waals surface area (Å²) in [6.07, 6.45) is 3.78. The Morgan fingerprint density at radius 3 is 2.23 bits per heavy atom. The lowest BCUT2D eigenvalue weighted by molar-refractivity contribution is -0.126. The number of hydrogen-bond donors (Lipinski definition) is 2. The molecule has 0 rings (SSSR count). The van der Waals surface area contributed by atoms with Gasteiger partial charge < -0.3 is 20.1 Å². The van der Waals surface area contributed by atoms with E-state index in [2.05, 4.69) is 31.4 Å². The first-order valence-corrected chi connectivity index (χ1v) is 12.7. The number of amides is 2. The molecule has 0 radical (unpaired) electrons. The summed E-state index contributed by atoms with van der Waals surface area (Å²) >= 11 is 1.36. The van der Waals surface area contributed by atoms with Crippen LogP contribution in [0.2, 0.25) is 0 Å². The monoisotopic (exact) mass is 460 g/mol. The molecule has 1 unspecified atom stereocenters. The molecule has 31 heavy (non-hydrogen) atoms. The molecule has 2 N–H and O–H groups in total. The third-order valence-corrected chi connectivity index (χ3v) is 5.66. The van der Waals surface area contributed by atoms with Crippen LogP contribution in [0, 0.1) is 11.8 Å². The molecule has 0 heterocycles. The van der Waals surface area contributed by atoms with Gasteiger partial charge in [-0.25, -0.2) is 0 Å². The lowest BCUT2D eigenvalue weighted by Gasteiger charge is -2.17. The fourth-order valence-electron chi connectivity index (χ4n) is 2.56. The zero-order chi connectivity index (χ0) is 23.5. The van der Waals surface area contributed by atoms with Gasteiger partial charge in [0.2, 0.25) is 11.8 Å². The summed E-state index contributed by atoms with van der Waals surface area (Å²) in [6, 6.07) is 0. The van der Waals surface area contributed by atoms with Gasteiger partial charge in [0.05, 0.1) is 18.5 Å². The Morgan fingerprint density at radius 1 is 0.903 bits per heavy atom. The van der Waals surface area contributed by atoms with Crippen LogP contribution in [-0.2, 0) is 23.9 Å². The highest BCUT2D eigenvalue weighted by molar-refractivity contribution is 8.00. The largest absolute Gasteiger partial charge is 0.380 e. The third kappa shape index (κ3) is 18.2. The van der Waals surface area contributed by atoms with Crippen LogP contribution in [-0.4, -0.2) is 68.1 Å². The third-order valence-electron chi connectivity index (χ3n) is 4.43. The average Bonchev–Trinajstić information content (AvgIpc) is 2.71. The molecule has 8 heteroatoms. The van der Waals surface area contributed by atoms with Crippen molar-refractivity contribution in [3.05, 3.63) is 0 Å². The Labute approximate surface area is 193 Å². The number of ether oxygens (including phenoxy) is 2. The van der Waals surface area contributed by atoms with Crippen molar-refractivity contribution in [3.8, 4) is 0 Å². The van der Waals surface area contributed by atoms with E-state index in [1.807, 2.05) is 13.8 Å². The summed E-state index contributed by atoms with van der Waals surface area (Å²) in [6.45, 7) is 13.1. The zero-order valence-corrected chi connectivity index (χ0v) is 21.0. The minimum absolute atomic E-state index is 0.0214. The fraction of sp³-hybridized carbons (Fsp3) is 0.870. The van der Waals surface area contributed by atoms with Gasteiger partial charge in [-0.15, -0.1) is 11.8 Å². The molecular formula is C23H44N2O5S. The Kier molecular flexibility index (Phi) is 18.9. The average molecular weight is 461 g/mol. The molecule has 0 aromatic heterocycles. The van der Waals surface area contributed by atoms with E-state index in [0.717, 1.165) is 19.3 Å². The standard InChI is InChI=1S/C23H44N2O5S/c1-6-7-8-12-29-13-11-25-23(28)21(31-15-9-20(26)19(4)5)16-22(27)24-10-14-30-17-18(2)3/h18-19,21H,6-17H2,1-5H3,(H,24,27)(H,25,28). The van der Waals surface area contributed by atoms with Crippen molar-refractivity contribution in [1.82, 2.24) is 10.6 Å². The molecular weight excluding hydrogens is 416 g/mol. The van der Waals surface area contributed by atoms with E-state index in [-0.39, 0.29) is 29.9 Å². The molecule has 182 valence electrons. The van der Waals surface area contributed by atoms with Crippen LogP contribution < -0.4 is 10.6 Å². The molecule has 0 spiro atoms. The molecule has 1 atom stereocenters. The van der Waals surface area contributed by atoms with Gasteiger partial charge in [-0.05, 0) is 12.3 Å².